The summed E-state index contributed by atoms with van der Waals surface area (Å²) < 4.78 is 1.89. The molecular formula is C11H18N2O. The standard InChI is InChI=1S/C11H18N2O/c1-9-3-5-11(14,6-4-9)10-7-13(2)8-12-10/h7-9,14H,3-6H2,1-2H3. The first kappa shape index (κ1) is 9.71. The van der Waals surface area contributed by atoms with Crippen molar-refractivity contribution in [1.29, 1.82) is 0 Å². The van der Waals surface area contributed by atoms with Gasteiger partial charge in [-0.05, 0) is 31.6 Å². The predicted octanol–water partition coefficient (Wildman–Crippen LogP) is 1.82. The van der Waals surface area contributed by atoms with Crippen molar-refractivity contribution in [2.24, 2.45) is 13.0 Å². The number of nitrogens with zero attached hydrogens (tertiary/aromatic N) is 2. The minimum Gasteiger partial charge on any atom is -0.383 e. The molecule has 0 saturated heterocycles. The zero-order valence-corrected chi connectivity index (χ0v) is 8.90. The van der Waals surface area contributed by atoms with E-state index < -0.39 is 5.60 Å². The number of hydrogen-bond acceptors (Lipinski definition) is 2. The molecule has 0 aromatic carbocycles. The van der Waals surface area contributed by atoms with E-state index >= 15 is 0 Å². The van der Waals surface area contributed by atoms with Crippen molar-refractivity contribution in [2.45, 2.75) is 38.2 Å². The third-order valence-corrected chi connectivity index (χ3v) is 3.28. The van der Waals surface area contributed by atoms with Gasteiger partial charge in [-0.1, -0.05) is 6.92 Å². The van der Waals surface area contributed by atoms with Crippen LogP contribution in [0.4, 0.5) is 0 Å². The molecule has 0 aliphatic heterocycles. The van der Waals surface area contributed by atoms with Crippen LogP contribution in [0.15, 0.2) is 12.5 Å². The second-order valence-electron chi connectivity index (χ2n) is 4.64. The van der Waals surface area contributed by atoms with Gasteiger partial charge < -0.3 is 9.67 Å². The lowest BCUT2D eigenvalue weighted by Gasteiger charge is -2.33. The maximum atomic E-state index is 10.4. The van der Waals surface area contributed by atoms with E-state index in [1.165, 1.54) is 0 Å². The normalized spacial score (nSPS) is 33.2. The fourth-order valence-electron chi connectivity index (χ4n) is 2.15. The Labute approximate surface area is 84.8 Å². The molecule has 14 heavy (non-hydrogen) atoms. The molecular weight excluding hydrogens is 176 g/mol. The lowest BCUT2D eigenvalue weighted by Crippen LogP contribution is -2.31. The van der Waals surface area contributed by atoms with Gasteiger partial charge >= 0.3 is 0 Å². The van der Waals surface area contributed by atoms with Crippen LogP contribution in [0, 0.1) is 5.92 Å². The van der Waals surface area contributed by atoms with Crippen LogP contribution in [0.1, 0.15) is 38.3 Å². The van der Waals surface area contributed by atoms with Crippen molar-refractivity contribution in [1.82, 2.24) is 9.55 Å². The summed E-state index contributed by atoms with van der Waals surface area (Å²) in [5.41, 5.74) is 0.181. The van der Waals surface area contributed by atoms with Gasteiger partial charge in [0, 0.05) is 13.2 Å². The van der Waals surface area contributed by atoms with Gasteiger partial charge in [-0.3, -0.25) is 0 Å². The van der Waals surface area contributed by atoms with E-state index in [0.29, 0.717) is 0 Å². The Hall–Kier alpha value is -0.830. The molecule has 1 aliphatic rings. The van der Waals surface area contributed by atoms with Crippen LogP contribution in [0.2, 0.25) is 0 Å². The summed E-state index contributed by atoms with van der Waals surface area (Å²) in [6.07, 6.45) is 7.60. The molecule has 3 heteroatoms. The molecule has 1 saturated carbocycles. The first-order chi connectivity index (χ1) is 6.60. The maximum absolute atomic E-state index is 10.4. The molecule has 1 aliphatic carbocycles. The van der Waals surface area contributed by atoms with Crippen LogP contribution >= 0.6 is 0 Å². The summed E-state index contributed by atoms with van der Waals surface area (Å²) >= 11 is 0. The summed E-state index contributed by atoms with van der Waals surface area (Å²) in [5, 5.41) is 10.4. The lowest BCUT2D eigenvalue weighted by atomic mass is 9.78. The molecule has 0 radical (unpaired) electrons. The van der Waals surface area contributed by atoms with Gasteiger partial charge in [0.05, 0.1) is 12.0 Å². The Kier molecular flexibility index (Phi) is 2.35. The molecule has 1 aromatic rings. The fourth-order valence-corrected chi connectivity index (χ4v) is 2.15. The molecule has 78 valence electrons. The van der Waals surface area contributed by atoms with Crippen molar-refractivity contribution >= 4 is 0 Å². The molecule has 0 spiro atoms. The zero-order chi connectivity index (χ0) is 10.2. The highest BCUT2D eigenvalue weighted by molar-refractivity contribution is 5.10. The summed E-state index contributed by atoms with van der Waals surface area (Å²) in [4.78, 5) is 4.25. The van der Waals surface area contributed by atoms with Gasteiger partial charge in [0.1, 0.15) is 5.60 Å². The van der Waals surface area contributed by atoms with E-state index in [0.717, 1.165) is 37.3 Å². The summed E-state index contributed by atoms with van der Waals surface area (Å²) in [6, 6.07) is 0. The molecule has 0 amide bonds. The Morgan fingerprint density at radius 3 is 2.64 bits per heavy atom. The van der Waals surface area contributed by atoms with E-state index in [1.807, 2.05) is 17.8 Å². The minimum absolute atomic E-state index is 0.659. The van der Waals surface area contributed by atoms with Crippen LogP contribution in [-0.2, 0) is 12.6 Å². The Morgan fingerprint density at radius 1 is 1.50 bits per heavy atom. The third-order valence-electron chi connectivity index (χ3n) is 3.28. The quantitative estimate of drug-likeness (QED) is 0.740. The number of aliphatic hydroxyl groups is 1. The SMILES string of the molecule is CC1CCC(O)(c2cn(C)cn2)CC1. The number of hydrogen-bond donors (Lipinski definition) is 1. The summed E-state index contributed by atoms with van der Waals surface area (Å²) in [7, 11) is 1.94. The number of aryl methyl sites for hydroxylation is 1. The summed E-state index contributed by atoms with van der Waals surface area (Å²) in [5.74, 6) is 0.749. The average molecular weight is 194 g/mol. The van der Waals surface area contributed by atoms with Crippen LogP contribution in [0.25, 0.3) is 0 Å². The largest absolute Gasteiger partial charge is 0.383 e. The third kappa shape index (κ3) is 1.69. The Morgan fingerprint density at radius 2 is 2.14 bits per heavy atom. The molecule has 2 rings (SSSR count). The Balaban J connectivity index is 2.16. The van der Waals surface area contributed by atoms with Crippen molar-refractivity contribution < 1.29 is 5.11 Å². The van der Waals surface area contributed by atoms with E-state index in [1.54, 1.807) is 6.33 Å². The number of rotatable bonds is 1. The minimum atomic E-state index is -0.659. The van der Waals surface area contributed by atoms with E-state index in [2.05, 4.69) is 11.9 Å². The second kappa shape index (κ2) is 3.39. The molecule has 0 bridgehead atoms. The lowest BCUT2D eigenvalue weighted by molar-refractivity contribution is -0.0155. The smallest absolute Gasteiger partial charge is 0.108 e. The van der Waals surface area contributed by atoms with Gasteiger partial charge in [-0.25, -0.2) is 4.98 Å². The van der Waals surface area contributed by atoms with Gasteiger partial charge in [-0.2, -0.15) is 0 Å². The molecule has 1 heterocycles. The van der Waals surface area contributed by atoms with Gasteiger partial charge in [-0.15, -0.1) is 0 Å². The topological polar surface area (TPSA) is 38.0 Å². The van der Waals surface area contributed by atoms with Crippen LogP contribution in [0.3, 0.4) is 0 Å². The maximum Gasteiger partial charge on any atom is 0.108 e. The second-order valence-corrected chi connectivity index (χ2v) is 4.64. The van der Waals surface area contributed by atoms with Crippen molar-refractivity contribution in [3.8, 4) is 0 Å². The monoisotopic (exact) mass is 194 g/mol. The fraction of sp³-hybridized carbons (Fsp3) is 0.727. The first-order valence-electron chi connectivity index (χ1n) is 5.31. The van der Waals surface area contributed by atoms with E-state index in [9.17, 15) is 5.11 Å². The van der Waals surface area contributed by atoms with E-state index in [-0.39, 0.29) is 0 Å². The van der Waals surface area contributed by atoms with Crippen LogP contribution in [0.5, 0.6) is 0 Å². The van der Waals surface area contributed by atoms with Crippen molar-refractivity contribution in [2.75, 3.05) is 0 Å². The zero-order valence-electron chi connectivity index (χ0n) is 8.90. The molecule has 1 aromatic heterocycles. The molecule has 1 N–H and O–H groups in total. The number of aromatic nitrogens is 2. The van der Waals surface area contributed by atoms with Crippen LogP contribution < -0.4 is 0 Å². The van der Waals surface area contributed by atoms with Crippen LogP contribution in [-0.4, -0.2) is 14.7 Å². The van der Waals surface area contributed by atoms with Gasteiger partial charge in [0.25, 0.3) is 0 Å². The Bertz CT molecular complexity index is 311. The summed E-state index contributed by atoms with van der Waals surface area (Å²) in [6.45, 7) is 2.25. The predicted molar refractivity (Wildman–Crippen MR) is 54.7 cm³/mol. The van der Waals surface area contributed by atoms with E-state index in [4.69, 9.17) is 0 Å². The highest BCUT2D eigenvalue weighted by Gasteiger charge is 2.35. The molecule has 0 atom stereocenters. The molecule has 1 fully saturated rings. The molecule has 3 nitrogen and oxygen atoms in total. The van der Waals surface area contributed by atoms with Crippen molar-refractivity contribution in [3.63, 3.8) is 0 Å². The number of imidazole rings is 1. The average Bonchev–Trinajstić information content (AvgIpc) is 2.58. The van der Waals surface area contributed by atoms with Crippen molar-refractivity contribution in [3.05, 3.63) is 18.2 Å². The van der Waals surface area contributed by atoms with Gasteiger partial charge in [0.15, 0.2) is 0 Å². The first-order valence-corrected chi connectivity index (χ1v) is 5.31. The molecule has 0 unspecified atom stereocenters. The highest BCUT2D eigenvalue weighted by Crippen LogP contribution is 2.38. The van der Waals surface area contributed by atoms with Gasteiger partial charge in [0.2, 0.25) is 0 Å². The highest BCUT2D eigenvalue weighted by atomic mass is 16.3.